The molecule has 2 heteroatoms. The highest BCUT2D eigenvalue weighted by Gasteiger charge is 2.41. The molecule has 0 spiro atoms. The van der Waals surface area contributed by atoms with E-state index in [1.54, 1.807) is 0 Å². The molecule has 0 atom stereocenters. The summed E-state index contributed by atoms with van der Waals surface area (Å²) in [5.41, 5.74) is 5.57. The zero-order valence-corrected chi connectivity index (χ0v) is 16.0. The number of rotatable bonds is 4. The minimum atomic E-state index is -0.00344. The normalized spacial score (nSPS) is 14.4. The van der Waals surface area contributed by atoms with Crippen molar-refractivity contribution >= 4 is 45.2 Å². The summed E-state index contributed by atoms with van der Waals surface area (Å²) in [6.45, 7) is 8.01. The number of hydrogen-bond acceptors (Lipinski definition) is 0. The van der Waals surface area contributed by atoms with Gasteiger partial charge in [-0.15, -0.1) is 13.2 Å². The molecule has 1 aliphatic rings. The lowest BCUT2D eigenvalue weighted by Gasteiger charge is -2.30. The second-order valence-electron chi connectivity index (χ2n) is 5.45. The monoisotopic (exact) mass is 498 g/mol. The molecule has 0 amide bonds. The summed E-state index contributed by atoms with van der Waals surface area (Å²) < 4.78 is 2.57. The van der Waals surface area contributed by atoms with Gasteiger partial charge in [-0.05, 0) is 105 Å². The van der Waals surface area contributed by atoms with Gasteiger partial charge in [0, 0.05) is 12.6 Å². The molecule has 0 N–H and O–H groups in total. The summed E-state index contributed by atoms with van der Waals surface area (Å²) in [6.07, 6.45) is 5.97. The molecule has 0 aliphatic heterocycles. The third-order valence-corrected chi connectivity index (χ3v) is 5.61. The summed E-state index contributed by atoms with van der Waals surface area (Å²) in [6, 6.07) is 13.6. The summed E-state index contributed by atoms with van der Waals surface area (Å²) >= 11 is 4.80. The molecule has 0 saturated carbocycles. The summed E-state index contributed by atoms with van der Waals surface area (Å²) in [4.78, 5) is 0. The summed E-state index contributed by atoms with van der Waals surface area (Å²) in [5.74, 6) is 0. The largest absolute Gasteiger partial charge is 0.103 e. The zero-order valence-electron chi connectivity index (χ0n) is 11.7. The van der Waals surface area contributed by atoms with Crippen LogP contribution < -0.4 is 0 Å². The molecule has 0 bridgehead atoms. The van der Waals surface area contributed by atoms with E-state index < -0.39 is 0 Å². The molecular formula is C19H16I2. The molecule has 21 heavy (non-hydrogen) atoms. The van der Waals surface area contributed by atoms with Gasteiger partial charge in [-0.25, -0.2) is 0 Å². The highest BCUT2D eigenvalue weighted by atomic mass is 127. The van der Waals surface area contributed by atoms with Gasteiger partial charge >= 0.3 is 0 Å². The molecule has 2 aromatic carbocycles. The van der Waals surface area contributed by atoms with E-state index in [0.717, 1.165) is 12.8 Å². The Labute approximate surface area is 153 Å². The van der Waals surface area contributed by atoms with Crippen molar-refractivity contribution in [2.45, 2.75) is 18.3 Å². The Kier molecular flexibility index (Phi) is 4.28. The van der Waals surface area contributed by atoms with Gasteiger partial charge in [0.1, 0.15) is 0 Å². The topological polar surface area (TPSA) is 0 Å². The predicted molar refractivity (Wildman–Crippen MR) is 108 cm³/mol. The third kappa shape index (κ3) is 2.40. The first kappa shape index (κ1) is 15.3. The fourth-order valence-corrected chi connectivity index (χ4v) is 4.44. The molecule has 3 rings (SSSR count). The van der Waals surface area contributed by atoms with E-state index in [9.17, 15) is 0 Å². The lowest BCUT2D eigenvalue weighted by Crippen LogP contribution is -2.24. The van der Waals surface area contributed by atoms with Crippen molar-refractivity contribution in [3.8, 4) is 11.1 Å². The van der Waals surface area contributed by atoms with Crippen LogP contribution in [0.25, 0.3) is 11.1 Å². The standard InChI is InChI=1S/C19H16I2/c1-3-9-19(10-4-2)17-11-13(20)5-7-15(17)16-8-6-14(21)12-18(16)19/h3-8,11-12H,1-2,9-10H2. The van der Waals surface area contributed by atoms with Gasteiger partial charge in [-0.1, -0.05) is 24.3 Å². The predicted octanol–water partition coefficient (Wildman–Crippen LogP) is 6.31. The van der Waals surface area contributed by atoms with Crippen LogP contribution in [0.1, 0.15) is 24.0 Å². The van der Waals surface area contributed by atoms with Crippen molar-refractivity contribution in [2.24, 2.45) is 0 Å². The molecule has 0 heterocycles. The Hall–Kier alpha value is -0.620. The Morgan fingerprint density at radius 1 is 0.810 bits per heavy atom. The van der Waals surface area contributed by atoms with Gasteiger partial charge < -0.3 is 0 Å². The quantitative estimate of drug-likeness (QED) is 0.343. The smallest absolute Gasteiger partial charge is 0.0284 e. The zero-order chi connectivity index (χ0) is 15.0. The lowest BCUT2D eigenvalue weighted by molar-refractivity contribution is 0.543. The van der Waals surface area contributed by atoms with E-state index in [-0.39, 0.29) is 5.41 Å². The molecule has 2 aromatic rings. The second-order valence-corrected chi connectivity index (χ2v) is 7.94. The fraction of sp³-hybridized carbons (Fsp3) is 0.158. The van der Waals surface area contributed by atoms with Gasteiger partial charge in [-0.2, -0.15) is 0 Å². The van der Waals surface area contributed by atoms with E-state index in [0.29, 0.717) is 0 Å². The second kappa shape index (κ2) is 5.88. The van der Waals surface area contributed by atoms with Crippen molar-refractivity contribution in [1.82, 2.24) is 0 Å². The van der Waals surface area contributed by atoms with Crippen LogP contribution in [0.15, 0.2) is 61.7 Å². The van der Waals surface area contributed by atoms with Crippen LogP contribution >= 0.6 is 45.2 Å². The van der Waals surface area contributed by atoms with Crippen molar-refractivity contribution in [2.75, 3.05) is 0 Å². The molecule has 0 aromatic heterocycles. The molecular weight excluding hydrogens is 482 g/mol. The molecule has 0 radical (unpaired) electrons. The van der Waals surface area contributed by atoms with E-state index >= 15 is 0 Å². The molecule has 0 fully saturated rings. The SMILES string of the molecule is C=CCC1(CC=C)c2cc(I)ccc2-c2ccc(I)cc21. The molecule has 0 nitrogen and oxygen atoms in total. The molecule has 0 unspecified atom stereocenters. The van der Waals surface area contributed by atoms with Gasteiger partial charge in [0.2, 0.25) is 0 Å². The highest BCUT2D eigenvalue weighted by molar-refractivity contribution is 14.1. The van der Waals surface area contributed by atoms with Gasteiger partial charge in [0.15, 0.2) is 0 Å². The van der Waals surface area contributed by atoms with E-state index in [2.05, 4.69) is 94.7 Å². The maximum Gasteiger partial charge on any atom is 0.0284 e. The first-order valence-corrected chi connectivity index (χ1v) is 9.10. The number of allylic oxidation sites excluding steroid dienone is 2. The van der Waals surface area contributed by atoms with Crippen LogP contribution in [-0.2, 0) is 5.41 Å². The maximum absolute atomic E-state index is 4.00. The van der Waals surface area contributed by atoms with Gasteiger partial charge in [-0.3, -0.25) is 0 Å². The summed E-state index contributed by atoms with van der Waals surface area (Å²) in [5, 5.41) is 0. The minimum absolute atomic E-state index is 0.00344. The number of fused-ring (bicyclic) bond motifs is 3. The molecule has 0 saturated heterocycles. The van der Waals surface area contributed by atoms with Crippen LogP contribution in [0.4, 0.5) is 0 Å². The highest BCUT2D eigenvalue weighted by Crippen LogP contribution is 2.53. The van der Waals surface area contributed by atoms with Crippen molar-refractivity contribution < 1.29 is 0 Å². The van der Waals surface area contributed by atoms with Crippen LogP contribution in [0.2, 0.25) is 0 Å². The Morgan fingerprint density at radius 2 is 1.24 bits per heavy atom. The molecule has 106 valence electrons. The third-order valence-electron chi connectivity index (χ3n) is 4.27. The minimum Gasteiger partial charge on any atom is -0.103 e. The number of hydrogen-bond donors (Lipinski definition) is 0. The van der Waals surface area contributed by atoms with Gasteiger partial charge in [0.25, 0.3) is 0 Å². The van der Waals surface area contributed by atoms with Crippen molar-refractivity contribution in [3.63, 3.8) is 0 Å². The average Bonchev–Trinajstić information content (AvgIpc) is 2.70. The Balaban J connectivity index is 2.37. The Morgan fingerprint density at radius 3 is 1.62 bits per heavy atom. The van der Waals surface area contributed by atoms with Crippen LogP contribution in [0.3, 0.4) is 0 Å². The summed E-state index contributed by atoms with van der Waals surface area (Å²) in [7, 11) is 0. The van der Waals surface area contributed by atoms with E-state index in [4.69, 9.17) is 0 Å². The lowest BCUT2D eigenvalue weighted by atomic mass is 9.73. The number of benzene rings is 2. The van der Waals surface area contributed by atoms with Crippen LogP contribution in [0.5, 0.6) is 0 Å². The van der Waals surface area contributed by atoms with E-state index in [1.165, 1.54) is 29.4 Å². The van der Waals surface area contributed by atoms with Gasteiger partial charge in [0.05, 0.1) is 0 Å². The van der Waals surface area contributed by atoms with Crippen molar-refractivity contribution in [1.29, 1.82) is 0 Å². The first-order chi connectivity index (χ1) is 10.1. The fourth-order valence-electron chi connectivity index (χ4n) is 3.46. The van der Waals surface area contributed by atoms with Crippen LogP contribution in [-0.4, -0.2) is 0 Å². The van der Waals surface area contributed by atoms with E-state index in [1.807, 2.05) is 12.2 Å². The van der Waals surface area contributed by atoms with Crippen LogP contribution in [0, 0.1) is 7.14 Å². The number of halogens is 2. The van der Waals surface area contributed by atoms with Crippen molar-refractivity contribution in [3.05, 3.63) is 80.0 Å². The maximum atomic E-state index is 4.00. The molecule has 1 aliphatic carbocycles. The first-order valence-electron chi connectivity index (χ1n) is 6.94. The Bertz CT molecular complexity index is 665. The average molecular weight is 498 g/mol.